The number of pyridine rings is 1. The normalized spacial score (nSPS) is 9.31. The van der Waals surface area contributed by atoms with Crippen LogP contribution in [0.4, 0.5) is 5.82 Å². The smallest absolute Gasteiger partial charge is 0.263 e. The first-order valence-corrected chi connectivity index (χ1v) is 4.28. The van der Waals surface area contributed by atoms with Gasteiger partial charge < -0.3 is 0 Å². The van der Waals surface area contributed by atoms with E-state index in [4.69, 9.17) is 5.26 Å². The van der Waals surface area contributed by atoms with Crippen molar-refractivity contribution in [2.24, 2.45) is 7.05 Å². The fourth-order valence-corrected chi connectivity index (χ4v) is 1.24. The van der Waals surface area contributed by atoms with Crippen molar-refractivity contribution in [1.82, 2.24) is 0 Å². The van der Waals surface area contributed by atoms with Crippen LogP contribution in [-0.4, -0.2) is 13.6 Å². The number of rotatable bonds is 3. The lowest BCUT2D eigenvalue weighted by molar-refractivity contribution is -0.658. The molecule has 13 heavy (non-hydrogen) atoms. The summed E-state index contributed by atoms with van der Waals surface area (Å²) < 4.78 is 2.04. The maximum Gasteiger partial charge on any atom is 0.276 e. The second kappa shape index (κ2) is 4.46. The topological polar surface area (TPSA) is 30.9 Å². The third kappa shape index (κ3) is 2.45. The monoisotopic (exact) mass is 176 g/mol. The molecule has 0 bridgehead atoms. The molecule has 1 aromatic heterocycles. The van der Waals surface area contributed by atoms with Gasteiger partial charge in [-0.1, -0.05) is 6.07 Å². The van der Waals surface area contributed by atoms with Gasteiger partial charge in [0, 0.05) is 6.07 Å². The van der Waals surface area contributed by atoms with Gasteiger partial charge in [-0.2, -0.15) is 5.26 Å². The summed E-state index contributed by atoms with van der Waals surface area (Å²) >= 11 is 0. The molecule has 0 aliphatic carbocycles. The summed E-state index contributed by atoms with van der Waals surface area (Å²) in [5.41, 5.74) is 0. The largest absolute Gasteiger partial charge is 0.276 e. The molecule has 0 atom stereocenters. The minimum absolute atomic E-state index is 0.561. The highest BCUT2D eigenvalue weighted by Crippen LogP contribution is 2.03. The Hall–Kier alpha value is -1.56. The Bertz CT molecular complexity index is 314. The van der Waals surface area contributed by atoms with Crippen LogP contribution >= 0.6 is 0 Å². The number of aromatic nitrogens is 1. The van der Waals surface area contributed by atoms with Gasteiger partial charge in [0.15, 0.2) is 0 Å². The molecule has 3 heteroatoms. The number of nitrogens with zero attached hydrogens (tertiary/aromatic N) is 3. The molecule has 0 aliphatic heterocycles. The number of aryl methyl sites for hydroxylation is 1. The highest BCUT2D eigenvalue weighted by molar-refractivity contribution is 5.30. The van der Waals surface area contributed by atoms with E-state index in [-0.39, 0.29) is 0 Å². The third-order valence-corrected chi connectivity index (χ3v) is 1.98. The molecular formula is C10H14N3+. The van der Waals surface area contributed by atoms with Crippen LogP contribution in [0.5, 0.6) is 0 Å². The summed E-state index contributed by atoms with van der Waals surface area (Å²) in [4.78, 5) is 2.07. The van der Waals surface area contributed by atoms with Gasteiger partial charge in [0.25, 0.3) is 5.82 Å². The van der Waals surface area contributed by atoms with Crippen molar-refractivity contribution in [1.29, 1.82) is 5.26 Å². The second-order valence-electron chi connectivity index (χ2n) is 3.00. The van der Waals surface area contributed by atoms with Crippen molar-refractivity contribution in [3.05, 3.63) is 24.4 Å². The van der Waals surface area contributed by atoms with E-state index in [9.17, 15) is 0 Å². The van der Waals surface area contributed by atoms with E-state index in [0.717, 1.165) is 12.4 Å². The van der Waals surface area contributed by atoms with Crippen molar-refractivity contribution in [3.63, 3.8) is 0 Å². The number of hydrogen-bond acceptors (Lipinski definition) is 2. The highest BCUT2D eigenvalue weighted by Gasteiger charge is 2.10. The molecule has 0 saturated heterocycles. The van der Waals surface area contributed by atoms with Gasteiger partial charge in [-0.15, -0.1) is 0 Å². The maximum atomic E-state index is 8.45. The third-order valence-electron chi connectivity index (χ3n) is 1.98. The molecule has 0 N–H and O–H groups in total. The average molecular weight is 176 g/mol. The second-order valence-corrected chi connectivity index (χ2v) is 3.00. The van der Waals surface area contributed by atoms with Crippen LogP contribution in [0.25, 0.3) is 0 Å². The lowest BCUT2D eigenvalue weighted by Gasteiger charge is -2.11. The summed E-state index contributed by atoms with van der Waals surface area (Å²) in [7, 11) is 3.99. The molecule has 0 amide bonds. The van der Waals surface area contributed by atoms with E-state index in [1.165, 1.54) is 0 Å². The molecule has 1 heterocycles. The molecule has 0 aliphatic rings. The first-order chi connectivity index (χ1) is 6.25. The summed E-state index contributed by atoms with van der Waals surface area (Å²) in [5, 5.41) is 8.45. The zero-order valence-electron chi connectivity index (χ0n) is 8.07. The molecule has 1 aromatic rings. The van der Waals surface area contributed by atoms with Gasteiger partial charge in [-0.25, -0.2) is 4.57 Å². The Morgan fingerprint density at radius 2 is 2.31 bits per heavy atom. The van der Waals surface area contributed by atoms with Crippen LogP contribution in [0.2, 0.25) is 0 Å². The molecule has 68 valence electrons. The lowest BCUT2D eigenvalue weighted by atomic mass is 10.4. The van der Waals surface area contributed by atoms with Crippen molar-refractivity contribution < 1.29 is 4.57 Å². The molecule has 0 saturated carbocycles. The van der Waals surface area contributed by atoms with Crippen LogP contribution in [-0.2, 0) is 7.05 Å². The Kier molecular flexibility index (Phi) is 3.27. The zero-order valence-corrected chi connectivity index (χ0v) is 8.07. The fraction of sp³-hybridized carbons (Fsp3) is 0.400. The predicted octanol–water partition coefficient (Wildman–Crippen LogP) is 0.861. The quantitative estimate of drug-likeness (QED) is 0.640. The van der Waals surface area contributed by atoms with E-state index >= 15 is 0 Å². The van der Waals surface area contributed by atoms with Crippen molar-refractivity contribution in [3.8, 4) is 6.07 Å². The summed E-state index contributed by atoms with van der Waals surface area (Å²) in [5.74, 6) is 1.12. The number of hydrogen-bond donors (Lipinski definition) is 0. The van der Waals surface area contributed by atoms with Crippen LogP contribution in [0, 0.1) is 11.3 Å². The van der Waals surface area contributed by atoms with E-state index in [1.807, 2.05) is 43.1 Å². The van der Waals surface area contributed by atoms with Gasteiger partial charge in [0.2, 0.25) is 0 Å². The lowest BCUT2D eigenvalue weighted by Crippen LogP contribution is -2.37. The van der Waals surface area contributed by atoms with Gasteiger partial charge in [0.05, 0.1) is 39.3 Å². The molecule has 0 unspecified atom stereocenters. The van der Waals surface area contributed by atoms with E-state index in [1.54, 1.807) is 0 Å². The van der Waals surface area contributed by atoms with Crippen LogP contribution in [0.15, 0.2) is 24.4 Å². The first-order valence-electron chi connectivity index (χ1n) is 4.28. The molecule has 0 aromatic carbocycles. The number of anilines is 1. The first kappa shape index (κ1) is 9.53. The zero-order chi connectivity index (χ0) is 9.68. The van der Waals surface area contributed by atoms with Gasteiger partial charge in [-0.05, 0) is 6.07 Å². The molecule has 3 nitrogen and oxygen atoms in total. The summed E-state index contributed by atoms with van der Waals surface area (Å²) in [6.45, 7) is 0.772. The molecule has 0 fully saturated rings. The van der Waals surface area contributed by atoms with Crippen molar-refractivity contribution in [2.45, 2.75) is 6.42 Å². The Labute approximate surface area is 78.8 Å². The maximum absolute atomic E-state index is 8.45. The van der Waals surface area contributed by atoms with Crippen molar-refractivity contribution >= 4 is 5.82 Å². The predicted molar refractivity (Wildman–Crippen MR) is 51.1 cm³/mol. The van der Waals surface area contributed by atoms with Gasteiger partial charge >= 0.3 is 0 Å². The molecule has 0 radical (unpaired) electrons. The standard InChI is InChI=1S/C10H14N3/c1-12-8-4-3-6-10(12)13(2)9-5-7-11/h3-4,6,8H,5,9H2,1-2H3/q+1. The SMILES string of the molecule is CN(CCC#N)c1cccc[n+]1C. The molecule has 0 spiro atoms. The van der Waals surface area contributed by atoms with Crippen LogP contribution in [0.1, 0.15) is 6.42 Å². The Morgan fingerprint density at radius 1 is 1.54 bits per heavy atom. The molecule has 1 rings (SSSR count). The summed E-state index contributed by atoms with van der Waals surface area (Å²) in [6, 6.07) is 8.16. The Morgan fingerprint density at radius 3 is 2.92 bits per heavy atom. The van der Waals surface area contributed by atoms with Crippen molar-refractivity contribution in [2.75, 3.05) is 18.5 Å². The average Bonchev–Trinajstić information content (AvgIpc) is 2.15. The van der Waals surface area contributed by atoms with Crippen LogP contribution < -0.4 is 9.47 Å². The van der Waals surface area contributed by atoms with Crippen LogP contribution in [0.3, 0.4) is 0 Å². The molecular weight excluding hydrogens is 162 g/mol. The van der Waals surface area contributed by atoms with Gasteiger partial charge in [0.1, 0.15) is 0 Å². The van der Waals surface area contributed by atoms with Gasteiger partial charge in [-0.3, -0.25) is 4.90 Å². The minimum atomic E-state index is 0.561. The number of nitriles is 1. The van der Waals surface area contributed by atoms with E-state index < -0.39 is 0 Å². The van der Waals surface area contributed by atoms with E-state index in [2.05, 4.69) is 11.0 Å². The fourth-order valence-electron chi connectivity index (χ4n) is 1.24. The minimum Gasteiger partial charge on any atom is -0.263 e. The van der Waals surface area contributed by atoms with E-state index in [0.29, 0.717) is 6.42 Å². The highest BCUT2D eigenvalue weighted by atomic mass is 15.2. The summed E-state index contributed by atoms with van der Waals surface area (Å²) in [6.07, 6.45) is 2.56. The Balaban J connectivity index is 2.72.